The Bertz CT molecular complexity index is 926. The van der Waals surface area contributed by atoms with Crippen LogP contribution in [0.25, 0.3) is 6.08 Å². The number of hydrogen-bond donors (Lipinski definition) is 0. The molecular weight excluding hydrogens is 318 g/mol. The van der Waals surface area contributed by atoms with Crippen LogP contribution in [-0.2, 0) is 9.53 Å². The Hall–Kier alpha value is -3.34. The number of carbonyl (C=O) groups excluding carboxylic acids is 1. The van der Waals surface area contributed by atoms with Crippen molar-refractivity contribution in [1.29, 1.82) is 0 Å². The third-order valence-corrected chi connectivity index (χ3v) is 3.80. The first kappa shape index (κ1) is 15.2. The number of esters is 1. The highest BCUT2D eigenvalue weighted by molar-refractivity contribution is 6.11. The summed E-state index contributed by atoms with van der Waals surface area (Å²) in [5, 5.41) is 0. The molecule has 0 aliphatic carbocycles. The predicted octanol–water partition coefficient (Wildman–Crippen LogP) is 3.71. The number of hydrogen-bond acceptors (Lipinski definition) is 5. The summed E-state index contributed by atoms with van der Waals surface area (Å²) in [5.74, 6) is 1.09. The molecule has 0 N–H and O–H groups in total. The van der Waals surface area contributed by atoms with E-state index in [-0.39, 0.29) is 18.4 Å². The number of ether oxygens (including phenoxy) is 3. The van der Waals surface area contributed by atoms with Gasteiger partial charge in [-0.3, -0.25) is 0 Å². The Morgan fingerprint density at radius 1 is 1.08 bits per heavy atom. The first-order chi connectivity index (χ1) is 12.2. The molecule has 5 heteroatoms. The molecule has 0 amide bonds. The van der Waals surface area contributed by atoms with Crippen LogP contribution in [0.4, 0.5) is 0 Å². The van der Waals surface area contributed by atoms with E-state index in [0.717, 1.165) is 11.1 Å². The second-order valence-electron chi connectivity index (χ2n) is 5.70. The SMILES string of the molecule is CC(=Cc1ccccc1)C=C1N=C(c2ccc3c(c2)OCO3)OC1=O. The van der Waals surface area contributed by atoms with Gasteiger partial charge in [-0.05, 0) is 42.3 Å². The molecule has 0 radical (unpaired) electrons. The lowest BCUT2D eigenvalue weighted by Gasteiger charge is -2.01. The maximum absolute atomic E-state index is 12.1. The minimum absolute atomic E-state index is 0.194. The van der Waals surface area contributed by atoms with Crippen molar-refractivity contribution in [1.82, 2.24) is 0 Å². The topological polar surface area (TPSA) is 57.1 Å². The van der Waals surface area contributed by atoms with Gasteiger partial charge in [0.25, 0.3) is 0 Å². The summed E-state index contributed by atoms with van der Waals surface area (Å²) in [7, 11) is 0. The van der Waals surface area contributed by atoms with Crippen molar-refractivity contribution in [2.45, 2.75) is 6.92 Å². The van der Waals surface area contributed by atoms with Gasteiger partial charge in [-0.25, -0.2) is 9.79 Å². The Labute approximate surface area is 144 Å². The molecule has 25 heavy (non-hydrogen) atoms. The molecule has 0 aromatic heterocycles. The third kappa shape index (κ3) is 3.17. The second kappa shape index (κ2) is 6.28. The summed E-state index contributed by atoms with van der Waals surface area (Å²) in [4.78, 5) is 16.4. The lowest BCUT2D eigenvalue weighted by molar-refractivity contribution is -0.130. The lowest BCUT2D eigenvalue weighted by atomic mass is 10.1. The van der Waals surface area contributed by atoms with E-state index in [1.807, 2.05) is 43.3 Å². The largest absolute Gasteiger partial charge is 0.454 e. The van der Waals surface area contributed by atoms with Gasteiger partial charge in [0.05, 0.1) is 0 Å². The standard InChI is InChI=1S/C20H15NO4/c1-13(9-14-5-3-2-4-6-14)10-16-20(22)25-19(21-16)15-7-8-17-18(11-15)24-12-23-17/h2-11H,12H2,1H3. The molecule has 2 aromatic rings. The monoisotopic (exact) mass is 333 g/mol. The van der Waals surface area contributed by atoms with Gasteiger partial charge in [-0.2, -0.15) is 0 Å². The molecule has 0 saturated heterocycles. The highest BCUT2D eigenvalue weighted by Gasteiger charge is 2.25. The molecule has 0 fully saturated rings. The molecule has 2 aromatic carbocycles. The Balaban J connectivity index is 1.61. The first-order valence-corrected chi connectivity index (χ1v) is 7.85. The fourth-order valence-corrected chi connectivity index (χ4v) is 2.63. The average molecular weight is 333 g/mol. The van der Waals surface area contributed by atoms with E-state index < -0.39 is 5.97 Å². The van der Waals surface area contributed by atoms with E-state index >= 15 is 0 Å². The van der Waals surface area contributed by atoms with Gasteiger partial charge < -0.3 is 14.2 Å². The molecule has 0 unspecified atom stereocenters. The van der Waals surface area contributed by atoms with Crippen LogP contribution in [0.5, 0.6) is 11.5 Å². The van der Waals surface area contributed by atoms with Crippen LogP contribution in [0.15, 0.2) is 70.9 Å². The van der Waals surface area contributed by atoms with Gasteiger partial charge in [0, 0.05) is 5.56 Å². The van der Waals surface area contributed by atoms with E-state index in [1.165, 1.54) is 0 Å². The highest BCUT2D eigenvalue weighted by Crippen LogP contribution is 2.33. The van der Waals surface area contributed by atoms with Crippen molar-refractivity contribution in [2.24, 2.45) is 4.99 Å². The van der Waals surface area contributed by atoms with E-state index in [4.69, 9.17) is 14.2 Å². The van der Waals surface area contributed by atoms with E-state index in [9.17, 15) is 4.79 Å². The molecule has 2 heterocycles. The Morgan fingerprint density at radius 3 is 2.72 bits per heavy atom. The van der Waals surface area contributed by atoms with Crippen molar-refractivity contribution in [3.63, 3.8) is 0 Å². The summed E-state index contributed by atoms with van der Waals surface area (Å²) in [6.45, 7) is 2.11. The minimum atomic E-state index is -0.464. The molecule has 2 aliphatic heterocycles. The number of allylic oxidation sites excluding steroid dienone is 2. The van der Waals surface area contributed by atoms with Crippen molar-refractivity contribution in [2.75, 3.05) is 6.79 Å². The predicted molar refractivity (Wildman–Crippen MR) is 93.4 cm³/mol. The van der Waals surface area contributed by atoms with Crippen LogP contribution in [-0.4, -0.2) is 18.7 Å². The summed E-state index contributed by atoms with van der Waals surface area (Å²) in [5.41, 5.74) is 2.92. The molecule has 4 rings (SSSR count). The van der Waals surface area contributed by atoms with Crippen molar-refractivity contribution < 1.29 is 19.0 Å². The summed E-state index contributed by atoms with van der Waals surface area (Å²) >= 11 is 0. The fraction of sp³-hybridized carbons (Fsp3) is 0.100. The summed E-state index contributed by atoms with van der Waals surface area (Å²) in [6, 6.07) is 15.2. The zero-order valence-electron chi connectivity index (χ0n) is 13.6. The van der Waals surface area contributed by atoms with Gasteiger partial charge in [0.2, 0.25) is 12.7 Å². The van der Waals surface area contributed by atoms with Crippen molar-refractivity contribution in [3.05, 3.63) is 77.0 Å². The normalized spacial score (nSPS) is 17.6. The number of nitrogens with zero attached hydrogens (tertiary/aromatic N) is 1. The first-order valence-electron chi connectivity index (χ1n) is 7.85. The maximum atomic E-state index is 12.1. The van der Waals surface area contributed by atoms with Crippen LogP contribution in [0.2, 0.25) is 0 Å². The molecule has 0 atom stereocenters. The smallest absolute Gasteiger partial charge is 0.363 e. The quantitative estimate of drug-likeness (QED) is 0.635. The number of cyclic esters (lactones) is 1. The second-order valence-corrected chi connectivity index (χ2v) is 5.70. The zero-order valence-corrected chi connectivity index (χ0v) is 13.6. The minimum Gasteiger partial charge on any atom is -0.454 e. The van der Waals surface area contributed by atoms with Crippen molar-refractivity contribution >= 4 is 17.9 Å². The van der Waals surface area contributed by atoms with Gasteiger partial charge in [0.1, 0.15) is 0 Å². The maximum Gasteiger partial charge on any atom is 0.363 e. The molecule has 5 nitrogen and oxygen atoms in total. The average Bonchev–Trinajstić information content (AvgIpc) is 3.22. The van der Waals surface area contributed by atoms with Crippen LogP contribution in [0.3, 0.4) is 0 Å². The number of carbonyl (C=O) groups is 1. The third-order valence-electron chi connectivity index (χ3n) is 3.80. The van der Waals surface area contributed by atoms with E-state index in [1.54, 1.807) is 24.3 Å². The van der Waals surface area contributed by atoms with Gasteiger partial charge in [-0.1, -0.05) is 36.4 Å². The van der Waals surface area contributed by atoms with E-state index in [2.05, 4.69) is 4.99 Å². The van der Waals surface area contributed by atoms with Crippen LogP contribution in [0, 0.1) is 0 Å². The molecule has 124 valence electrons. The molecule has 2 aliphatic rings. The zero-order chi connectivity index (χ0) is 17.2. The van der Waals surface area contributed by atoms with Crippen molar-refractivity contribution in [3.8, 4) is 11.5 Å². The molecular formula is C20H15NO4. The summed E-state index contributed by atoms with van der Waals surface area (Å²) < 4.78 is 15.9. The van der Waals surface area contributed by atoms with Crippen LogP contribution in [0.1, 0.15) is 18.1 Å². The van der Waals surface area contributed by atoms with E-state index in [0.29, 0.717) is 17.1 Å². The molecule has 0 spiro atoms. The fourth-order valence-electron chi connectivity index (χ4n) is 2.63. The highest BCUT2D eigenvalue weighted by atomic mass is 16.7. The van der Waals surface area contributed by atoms with Crippen LogP contribution >= 0.6 is 0 Å². The molecule has 0 saturated carbocycles. The number of benzene rings is 2. The number of fused-ring (bicyclic) bond motifs is 1. The lowest BCUT2D eigenvalue weighted by Crippen LogP contribution is -2.05. The summed E-state index contributed by atoms with van der Waals surface area (Å²) in [6.07, 6.45) is 3.70. The van der Waals surface area contributed by atoms with Crippen LogP contribution < -0.4 is 9.47 Å². The van der Waals surface area contributed by atoms with Gasteiger partial charge >= 0.3 is 5.97 Å². The van der Waals surface area contributed by atoms with Gasteiger partial charge in [-0.15, -0.1) is 0 Å². The Kier molecular flexibility index (Phi) is 3.82. The van der Waals surface area contributed by atoms with Gasteiger partial charge in [0.15, 0.2) is 17.2 Å². The number of aliphatic imine (C=N–C) groups is 1. The number of rotatable bonds is 3. The molecule has 0 bridgehead atoms. The Morgan fingerprint density at radius 2 is 1.88 bits per heavy atom.